The molecule has 0 saturated carbocycles. The molecule has 1 fully saturated rings. The minimum absolute atomic E-state index is 0.0434. The molecular weight excluding hydrogens is 224 g/mol. The van der Waals surface area contributed by atoms with E-state index in [4.69, 9.17) is 9.84 Å². The highest BCUT2D eigenvalue weighted by Crippen LogP contribution is 2.15. The number of ether oxygens (including phenoxy) is 1. The molecule has 0 radical (unpaired) electrons. The molecule has 1 rings (SSSR count). The Morgan fingerprint density at radius 2 is 2.29 bits per heavy atom. The Bertz CT molecular complexity index is 277. The van der Waals surface area contributed by atoms with Crippen LogP contribution in [0.15, 0.2) is 0 Å². The number of nitrogens with one attached hydrogen (secondary N) is 1. The van der Waals surface area contributed by atoms with Gasteiger partial charge in [0.1, 0.15) is 0 Å². The lowest BCUT2D eigenvalue weighted by molar-refractivity contribution is -0.137. The van der Waals surface area contributed by atoms with Crippen molar-refractivity contribution in [1.29, 1.82) is 0 Å². The number of rotatable bonds is 5. The minimum atomic E-state index is -0.906. The van der Waals surface area contributed by atoms with Crippen molar-refractivity contribution in [3.63, 3.8) is 0 Å². The summed E-state index contributed by atoms with van der Waals surface area (Å²) in [6.45, 7) is 2.86. The zero-order valence-corrected chi connectivity index (χ0v) is 10.3. The first kappa shape index (κ1) is 13.8. The van der Waals surface area contributed by atoms with Gasteiger partial charge in [0.2, 0.25) is 0 Å². The van der Waals surface area contributed by atoms with Crippen molar-refractivity contribution in [2.75, 3.05) is 20.2 Å². The largest absolute Gasteiger partial charge is 0.481 e. The summed E-state index contributed by atoms with van der Waals surface area (Å²) >= 11 is 0. The fourth-order valence-corrected chi connectivity index (χ4v) is 1.76. The highest BCUT2D eigenvalue weighted by Gasteiger charge is 2.24. The van der Waals surface area contributed by atoms with Gasteiger partial charge in [-0.05, 0) is 19.8 Å². The normalized spacial score (nSPS) is 20.9. The lowest BCUT2D eigenvalue weighted by Crippen LogP contribution is -2.47. The number of hydrogen-bond donors (Lipinski definition) is 2. The molecule has 2 N–H and O–H groups in total. The molecule has 1 aliphatic rings. The molecule has 0 aliphatic carbocycles. The SMILES string of the molecule is CC(NC(=O)N(C)CCC(=O)O)C1CCCO1. The van der Waals surface area contributed by atoms with Gasteiger partial charge in [-0.15, -0.1) is 0 Å². The molecule has 0 aromatic heterocycles. The third-order valence-corrected chi connectivity index (χ3v) is 2.88. The first-order valence-electron chi connectivity index (χ1n) is 5.85. The second-order valence-corrected chi connectivity index (χ2v) is 4.35. The lowest BCUT2D eigenvalue weighted by atomic mass is 10.1. The van der Waals surface area contributed by atoms with Gasteiger partial charge in [0.15, 0.2) is 0 Å². The van der Waals surface area contributed by atoms with Crippen LogP contribution in [-0.2, 0) is 9.53 Å². The van der Waals surface area contributed by atoms with Crippen LogP contribution in [0.4, 0.5) is 4.79 Å². The van der Waals surface area contributed by atoms with Crippen LogP contribution in [0, 0.1) is 0 Å². The maximum atomic E-state index is 11.7. The molecule has 0 aromatic rings. The molecule has 6 nitrogen and oxygen atoms in total. The van der Waals surface area contributed by atoms with Gasteiger partial charge >= 0.3 is 12.0 Å². The summed E-state index contributed by atoms with van der Waals surface area (Å²) in [6.07, 6.45) is 2.02. The number of nitrogens with zero attached hydrogens (tertiary/aromatic N) is 1. The Balaban J connectivity index is 2.29. The van der Waals surface area contributed by atoms with E-state index in [0.717, 1.165) is 19.4 Å². The van der Waals surface area contributed by atoms with Crippen LogP contribution >= 0.6 is 0 Å². The van der Waals surface area contributed by atoms with E-state index < -0.39 is 5.97 Å². The molecule has 0 aromatic carbocycles. The van der Waals surface area contributed by atoms with Gasteiger partial charge in [0, 0.05) is 20.2 Å². The van der Waals surface area contributed by atoms with E-state index in [-0.39, 0.29) is 31.1 Å². The zero-order valence-electron chi connectivity index (χ0n) is 10.3. The highest BCUT2D eigenvalue weighted by atomic mass is 16.5. The topological polar surface area (TPSA) is 78.9 Å². The number of carbonyl (C=O) groups is 2. The Hall–Kier alpha value is -1.30. The predicted molar refractivity (Wildman–Crippen MR) is 61.9 cm³/mol. The molecule has 1 saturated heterocycles. The third kappa shape index (κ3) is 4.60. The van der Waals surface area contributed by atoms with Crippen molar-refractivity contribution < 1.29 is 19.4 Å². The molecular formula is C11H20N2O4. The number of urea groups is 1. The summed E-state index contributed by atoms with van der Waals surface area (Å²) in [6, 6.07) is -0.300. The standard InChI is InChI=1S/C11H20N2O4/c1-8(9-4-3-7-17-9)12-11(16)13(2)6-5-10(14)15/h8-9H,3-7H2,1-2H3,(H,12,16)(H,14,15). The molecule has 1 aliphatic heterocycles. The van der Waals surface area contributed by atoms with Gasteiger partial charge in [-0.25, -0.2) is 4.79 Å². The molecule has 2 unspecified atom stereocenters. The van der Waals surface area contributed by atoms with Crippen LogP contribution < -0.4 is 5.32 Å². The van der Waals surface area contributed by atoms with Crippen molar-refractivity contribution in [3.05, 3.63) is 0 Å². The van der Waals surface area contributed by atoms with Gasteiger partial charge in [-0.1, -0.05) is 0 Å². The van der Waals surface area contributed by atoms with E-state index in [1.807, 2.05) is 6.92 Å². The van der Waals surface area contributed by atoms with Gasteiger partial charge in [0.25, 0.3) is 0 Å². The Labute approximate surface area is 101 Å². The number of hydrogen-bond acceptors (Lipinski definition) is 3. The third-order valence-electron chi connectivity index (χ3n) is 2.88. The Kier molecular flexibility index (Phi) is 5.21. The number of carboxylic acids is 1. The smallest absolute Gasteiger partial charge is 0.317 e. The molecule has 0 spiro atoms. The quantitative estimate of drug-likeness (QED) is 0.745. The monoisotopic (exact) mass is 244 g/mol. The van der Waals surface area contributed by atoms with Gasteiger partial charge in [-0.2, -0.15) is 0 Å². The van der Waals surface area contributed by atoms with Crippen molar-refractivity contribution >= 4 is 12.0 Å². The highest BCUT2D eigenvalue weighted by molar-refractivity contribution is 5.75. The Morgan fingerprint density at radius 3 is 2.82 bits per heavy atom. The van der Waals surface area contributed by atoms with E-state index >= 15 is 0 Å². The summed E-state index contributed by atoms with van der Waals surface area (Å²) in [7, 11) is 1.58. The summed E-state index contributed by atoms with van der Waals surface area (Å²) in [5, 5.41) is 11.3. The fourth-order valence-electron chi connectivity index (χ4n) is 1.76. The van der Waals surface area contributed by atoms with Crippen molar-refractivity contribution in [2.45, 2.75) is 38.3 Å². The predicted octanol–water partition coefficient (Wildman–Crippen LogP) is 0.670. The second-order valence-electron chi connectivity index (χ2n) is 4.35. The van der Waals surface area contributed by atoms with E-state index in [1.54, 1.807) is 7.05 Å². The molecule has 2 atom stereocenters. The fraction of sp³-hybridized carbons (Fsp3) is 0.818. The summed E-state index contributed by atoms with van der Waals surface area (Å²) in [5.74, 6) is -0.906. The van der Waals surface area contributed by atoms with Crippen molar-refractivity contribution in [3.8, 4) is 0 Å². The van der Waals surface area contributed by atoms with Crippen molar-refractivity contribution in [2.24, 2.45) is 0 Å². The minimum Gasteiger partial charge on any atom is -0.481 e. The van der Waals surface area contributed by atoms with Crippen LogP contribution in [0.25, 0.3) is 0 Å². The summed E-state index contributed by atoms with van der Waals surface area (Å²) < 4.78 is 5.47. The average molecular weight is 244 g/mol. The number of carboxylic acid groups (broad SMARTS) is 1. The van der Waals surface area contributed by atoms with E-state index in [1.165, 1.54) is 4.90 Å². The molecule has 98 valence electrons. The number of carbonyl (C=O) groups excluding carboxylic acids is 1. The molecule has 2 amide bonds. The first-order chi connectivity index (χ1) is 8.00. The van der Waals surface area contributed by atoms with E-state index in [9.17, 15) is 9.59 Å². The summed E-state index contributed by atoms with van der Waals surface area (Å²) in [4.78, 5) is 23.4. The van der Waals surface area contributed by atoms with Crippen molar-refractivity contribution in [1.82, 2.24) is 10.2 Å². The Morgan fingerprint density at radius 1 is 1.59 bits per heavy atom. The maximum Gasteiger partial charge on any atom is 0.317 e. The zero-order chi connectivity index (χ0) is 12.8. The molecule has 17 heavy (non-hydrogen) atoms. The molecule has 0 bridgehead atoms. The van der Waals surface area contributed by atoms with Gasteiger partial charge in [-0.3, -0.25) is 4.79 Å². The lowest BCUT2D eigenvalue weighted by Gasteiger charge is -2.24. The van der Waals surface area contributed by atoms with Gasteiger partial charge < -0.3 is 20.1 Å². The van der Waals surface area contributed by atoms with Gasteiger partial charge in [0.05, 0.1) is 18.6 Å². The van der Waals surface area contributed by atoms with E-state index in [2.05, 4.69) is 5.32 Å². The maximum absolute atomic E-state index is 11.7. The number of aliphatic carboxylic acids is 1. The number of amides is 2. The van der Waals surface area contributed by atoms with Crippen LogP contribution in [0.3, 0.4) is 0 Å². The van der Waals surface area contributed by atoms with Crippen LogP contribution in [0.1, 0.15) is 26.2 Å². The molecule has 6 heteroatoms. The second kappa shape index (κ2) is 6.44. The summed E-state index contributed by atoms with van der Waals surface area (Å²) in [5.41, 5.74) is 0. The molecule has 1 heterocycles. The average Bonchev–Trinajstić information content (AvgIpc) is 2.78. The van der Waals surface area contributed by atoms with Crippen LogP contribution in [0.5, 0.6) is 0 Å². The van der Waals surface area contributed by atoms with E-state index in [0.29, 0.717) is 0 Å². The van der Waals surface area contributed by atoms with Crippen LogP contribution in [-0.4, -0.2) is 54.4 Å². The van der Waals surface area contributed by atoms with Crippen LogP contribution in [0.2, 0.25) is 0 Å². The first-order valence-corrected chi connectivity index (χ1v) is 5.85.